The van der Waals surface area contributed by atoms with E-state index in [4.69, 9.17) is 0 Å². The predicted molar refractivity (Wildman–Crippen MR) is 267 cm³/mol. The summed E-state index contributed by atoms with van der Waals surface area (Å²) < 4.78 is 38.6. The van der Waals surface area contributed by atoms with Crippen LogP contribution in [0, 0.1) is 11.6 Å². The molecular formula is C54H56F2N10O5. The lowest BCUT2D eigenvalue weighted by Gasteiger charge is -2.32. The summed E-state index contributed by atoms with van der Waals surface area (Å²) in [6, 6.07) is 21.2. The summed E-state index contributed by atoms with van der Waals surface area (Å²) in [5.41, 5.74) is 8.18. The van der Waals surface area contributed by atoms with Crippen LogP contribution in [0.5, 0.6) is 0 Å². The van der Waals surface area contributed by atoms with Gasteiger partial charge in [0.25, 0.3) is 11.5 Å². The maximum Gasteiger partial charge on any atom is 0.329 e. The molecule has 11 rings (SSSR count). The van der Waals surface area contributed by atoms with Crippen molar-refractivity contribution in [2.75, 3.05) is 50.0 Å². The Bertz CT molecular complexity index is 3370. The van der Waals surface area contributed by atoms with Gasteiger partial charge in [0.05, 0.1) is 16.7 Å². The normalized spacial score (nSPS) is 18.3. The molecule has 7 aromatic rings. The number of piperidine rings is 3. The quantitative estimate of drug-likeness (QED) is 0.144. The molecule has 1 unspecified atom stereocenters. The molecule has 0 radical (unpaired) electrons. The van der Waals surface area contributed by atoms with Gasteiger partial charge in [-0.1, -0.05) is 18.2 Å². The Morgan fingerprint density at radius 1 is 0.775 bits per heavy atom. The average molecular weight is 963 g/mol. The number of carbonyl (C=O) groups excluding carboxylic acids is 3. The van der Waals surface area contributed by atoms with Gasteiger partial charge in [-0.3, -0.25) is 48.0 Å². The number of nitrogens with zero attached hydrogens (tertiary/aromatic N) is 8. The molecule has 4 aromatic heterocycles. The van der Waals surface area contributed by atoms with E-state index in [0.29, 0.717) is 62.6 Å². The minimum Gasteiger partial charge on any atom is -0.384 e. The van der Waals surface area contributed by atoms with Crippen molar-refractivity contribution in [1.82, 2.24) is 38.4 Å². The number of nitrogens with one attached hydrogen (secondary N) is 2. The summed E-state index contributed by atoms with van der Waals surface area (Å²) in [5, 5.41) is 6.51. The van der Waals surface area contributed by atoms with Gasteiger partial charge in [-0.05, 0) is 142 Å². The van der Waals surface area contributed by atoms with Gasteiger partial charge in [-0.2, -0.15) is 0 Å². The number of fused-ring (bicyclic) bond motifs is 3. The molecule has 4 aliphatic heterocycles. The number of anilines is 2. The number of imidazole rings is 1. The first-order chi connectivity index (χ1) is 34.3. The van der Waals surface area contributed by atoms with Crippen LogP contribution < -0.4 is 26.8 Å². The van der Waals surface area contributed by atoms with E-state index < -0.39 is 29.5 Å². The van der Waals surface area contributed by atoms with Crippen LogP contribution in [0.4, 0.5) is 20.2 Å². The molecule has 15 nitrogen and oxygen atoms in total. The fourth-order valence-electron chi connectivity index (χ4n) is 11.5. The molecule has 0 bridgehead atoms. The Hall–Kier alpha value is -7.24. The molecule has 3 fully saturated rings. The van der Waals surface area contributed by atoms with Crippen molar-refractivity contribution in [3.8, 4) is 5.69 Å². The second kappa shape index (κ2) is 18.5. The van der Waals surface area contributed by atoms with Crippen LogP contribution in [0.15, 0.2) is 94.8 Å². The van der Waals surface area contributed by atoms with Crippen LogP contribution in [0.3, 0.4) is 0 Å². The van der Waals surface area contributed by atoms with Crippen molar-refractivity contribution in [3.63, 3.8) is 0 Å². The zero-order chi connectivity index (χ0) is 49.2. The van der Waals surface area contributed by atoms with Crippen molar-refractivity contribution in [2.45, 2.75) is 75.9 Å². The highest BCUT2D eigenvalue weighted by molar-refractivity contribution is 6.06. The van der Waals surface area contributed by atoms with Crippen LogP contribution >= 0.6 is 0 Å². The van der Waals surface area contributed by atoms with Gasteiger partial charge in [0.1, 0.15) is 23.3 Å². The number of benzene rings is 3. The van der Waals surface area contributed by atoms with Crippen LogP contribution in [-0.2, 0) is 43.2 Å². The maximum atomic E-state index is 15.9. The number of carbonyl (C=O) groups is 3. The molecule has 0 aliphatic carbocycles. The standard InChI is InChI=1S/C54H56F2N10O5/c1-60-38(29-40-44(13-20-58-50(40)60)65-25-18-43-39(53(65)70)12-19-57-43)31-64-23-16-35(17-24-64)49-41(55)27-36(28-42(49)56)52(69)61(2)37-7-5-33(6-8-37)34-14-21-63(22-15-34)30-32-4-9-45-47(26-32)62(3)54(71)66(45)46-10-11-48(67)59-51(46)68/h4-9,13,18,20,25-29,34-35,46,57H,10-12,14-17,19,21-24,30-31H2,1-3H3,(H,59,67,68). The number of imide groups is 1. The minimum absolute atomic E-state index is 0.0300. The first-order valence-electron chi connectivity index (χ1n) is 24.6. The highest BCUT2D eigenvalue weighted by atomic mass is 19.1. The van der Waals surface area contributed by atoms with Gasteiger partial charge < -0.3 is 14.8 Å². The van der Waals surface area contributed by atoms with Crippen LogP contribution in [0.2, 0.25) is 0 Å². The molecule has 366 valence electrons. The number of amides is 3. The molecule has 3 amide bonds. The second-order valence-electron chi connectivity index (χ2n) is 19.7. The SMILES string of the molecule is CN(C(=O)c1cc(F)c(C2CCN(Cc3cc4c(-n5ccc6c(c5=O)CCN6)ccnc4n3C)CC2)c(F)c1)c1ccc(C2CCN(Cc3ccc4c(c3)n(C)c(=O)n4C3CCC(=O)NC3=O)CC2)cc1. The number of hydrogen-bond acceptors (Lipinski definition) is 9. The Labute approximate surface area is 408 Å². The van der Waals surface area contributed by atoms with E-state index in [1.165, 1.54) is 21.6 Å². The van der Waals surface area contributed by atoms with E-state index >= 15 is 8.78 Å². The van der Waals surface area contributed by atoms with Gasteiger partial charge in [0, 0.05) is 98.7 Å². The van der Waals surface area contributed by atoms with Gasteiger partial charge in [0.2, 0.25) is 11.8 Å². The zero-order valence-corrected chi connectivity index (χ0v) is 40.1. The lowest BCUT2D eigenvalue weighted by molar-refractivity contribution is -0.135. The van der Waals surface area contributed by atoms with Crippen LogP contribution in [0.1, 0.15) is 94.7 Å². The van der Waals surface area contributed by atoms with Gasteiger partial charge in [-0.15, -0.1) is 0 Å². The number of likely N-dealkylation sites (tertiary alicyclic amines) is 2. The number of aromatic nitrogens is 5. The Morgan fingerprint density at radius 2 is 1.48 bits per heavy atom. The Kier molecular flexibility index (Phi) is 12.0. The molecule has 0 spiro atoms. The Morgan fingerprint density at radius 3 is 2.20 bits per heavy atom. The molecule has 2 N–H and O–H groups in total. The van der Waals surface area contributed by atoms with E-state index in [1.54, 1.807) is 29.4 Å². The molecular weight excluding hydrogens is 907 g/mol. The number of aryl methyl sites for hydroxylation is 2. The van der Waals surface area contributed by atoms with E-state index in [-0.39, 0.29) is 47.0 Å². The summed E-state index contributed by atoms with van der Waals surface area (Å²) in [6.07, 6.45) is 7.70. The number of hydrogen-bond donors (Lipinski definition) is 2. The molecule has 1 atom stereocenters. The predicted octanol–water partition coefficient (Wildman–Crippen LogP) is 6.64. The van der Waals surface area contributed by atoms with Gasteiger partial charge in [-0.25, -0.2) is 18.6 Å². The van der Waals surface area contributed by atoms with Crippen LogP contribution in [0.25, 0.3) is 27.8 Å². The summed E-state index contributed by atoms with van der Waals surface area (Å²) in [7, 11) is 5.29. The molecule has 4 aliphatic rings. The summed E-state index contributed by atoms with van der Waals surface area (Å²) >= 11 is 0. The topological polar surface area (TPSA) is 152 Å². The maximum absolute atomic E-state index is 15.9. The number of halogens is 2. The van der Waals surface area contributed by atoms with E-state index in [2.05, 4.69) is 31.5 Å². The third-order valence-corrected chi connectivity index (χ3v) is 15.6. The lowest BCUT2D eigenvalue weighted by Crippen LogP contribution is -2.44. The van der Waals surface area contributed by atoms with Crippen molar-refractivity contribution in [3.05, 3.63) is 151 Å². The fraction of sp³-hybridized carbons (Fsp3) is 0.370. The Balaban J connectivity index is 0.687. The van der Waals surface area contributed by atoms with E-state index in [0.717, 1.165) is 82.8 Å². The number of pyridine rings is 2. The smallest absolute Gasteiger partial charge is 0.329 e. The van der Waals surface area contributed by atoms with Gasteiger partial charge in [0.15, 0.2) is 0 Å². The summed E-state index contributed by atoms with van der Waals surface area (Å²) in [4.78, 5) is 75.4. The fourth-order valence-corrected chi connectivity index (χ4v) is 11.5. The molecule has 8 heterocycles. The third-order valence-electron chi connectivity index (χ3n) is 15.6. The second-order valence-corrected chi connectivity index (χ2v) is 19.7. The molecule has 3 aromatic carbocycles. The number of rotatable bonds is 10. The van der Waals surface area contributed by atoms with Crippen LogP contribution in [-0.4, -0.2) is 90.5 Å². The highest BCUT2D eigenvalue weighted by Crippen LogP contribution is 2.36. The highest BCUT2D eigenvalue weighted by Gasteiger charge is 2.32. The molecule has 3 saturated heterocycles. The first-order valence-corrected chi connectivity index (χ1v) is 24.6. The zero-order valence-electron chi connectivity index (χ0n) is 40.1. The first kappa shape index (κ1) is 46.2. The molecule has 17 heteroatoms. The lowest BCUT2D eigenvalue weighted by atomic mass is 9.88. The van der Waals surface area contributed by atoms with Gasteiger partial charge >= 0.3 is 5.69 Å². The van der Waals surface area contributed by atoms with E-state index in [1.807, 2.05) is 72.4 Å². The summed E-state index contributed by atoms with van der Waals surface area (Å²) in [6.45, 7) is 5.08. The summed E-state index contributed by atoms with van der Waals surface area (Å²) in [5.74, 6) is -2.69. The largest absolute Gasteiger partial charge is 0.384 e. The monoisotopic (exact) mass is 962 g/mol. The molecule has 0 saturated carbocycles. The van der Waals surface area contributed by atoms with Crippen molar-refractivity contribution >= 4 is 51.2 Å². The van der Waals surface area contributed by atoms with E-state index in [9.17, 15) is 24.0 Å². The minimum atomic E-state index is -0.725. The van der Waals surface area contributed by atoms with Crippen molar-refractivity contribution in [1.29, 1.82) is 0 Å². The molecule has 71 heavy (non-hydrogen) atoms. The van der Waals surface area contributed by atoms with Crippen molar-refractivity contribution in [2.24, 2.45) is 14.1 Å². The average Bonchev–Trinajstić information content (AvgIpc) is 4.06. The van der Waals surface area contributed by atoms with Crippen molar-refractivity contribution < 1.29 is 23.2 Å². The third kappa shape index (κ3) is 8.43.